The van der Waals surface area contributed by atoms with Crippen LogP contribution in [0.3, 0.4) is 0 Å². The van der Waals surface area contributed by atoms with Crippen molar-refractivity contribution in [3.8, 4) is 0 Å². The van der Waals surface area contributed by atoms with E-state index in [2.05, 4.69) is 22.6 Å². The van der Waals surface area contributed by atoms with Crippen molar-refractivity contribution < 1.29 is 0 Å². The summed E-state index contributed by atoms with van der Waals surface area (Å²) in [6.45, 7) is 0. The molecule has 1 aromatic carbocycles. The molecule has 0 saturated heterocycles. The standard InChI is InChI=1S/C8H8Cl2IN/c9-5-12(6-10)8-3-1-7(11)2-4-8/h1-4H,5-6H2. The second-order valence-corrected chi connectivity index (χ2v) is 3.98. The maximum absolute atomic E-state index is 5.68. The van der Waals surface area contributed by atoms with Gasteiger partial charge in [-0.3, -0.25) is 0 Å². The molecule has 0 unspecified atom stereocenters. The molecule has 1 rings (SSSR count). The fourth-order valence-corrected chi connectivity index (χ4v) is 1.71. The Morgan fingerprint density at radius 3 is 2.00 bits per heavy atom. The van der Waals surface area contributed by atoms with Gasteiger partial charge in [0.2, 0.25) is 0 Å². The predicted octanol–water partition coefficient (Wildman–Crippen LogP) is 3.49. The van der Waals surface area contributed by atoms with Crippen LogP contribution in [0.2, 0.25) is 0 Å². The highest BCUT2D eigenvalue weighted by atomic mass is 127. The van der Waals surface area contributed by atoms with E-state index < -0.39 is 0 Å². The Labute approximate surface area is 95.8 Å². The van der Waals surface area contributed by atoms with Crippen LogP contribution in [0.25, 0.3) is 0 Å². The SMILES string of the molecule is ClCN(CCl)c1ccc(I)cc1. The van der Waals surface area contributed by atoms with Gasteiger partial charge < -0.3 is 4.90 Å². The van der Waals surface area contributed by atoms with Crippen molar-refractivity contribution in [2.45, 2.75) is 0 Å². The average molecular weight is 316 g/mol. The van der Waals surface area contributed by atoms with Crippen molar-refractivity contribution in [3.63, 3.8) is 0 Å². The second kappa shape index (κ2) is 5.14. The van der Waals surface area contributed by atoms with Crippen LogP contribution in [-0.2, 0) is 0 Å². The van der Waals surface area contributed by atoms with Gasteiger partial charge in [-0.2, -0.15) is 0 Å². The lowest BCUT2D eigenvalue weighted by Gasteiger charge is -2.17. The van der Waals surface area contributed by atoms with Gasteiger partial charge in [-0.05, 0) is 46.9 Å². The molecule has 0 amide bonds. The van der Waals surface area contributed by atoms with E-state index in [4.69, 9.17) is 23.2 Å². The molecular weight excluding hydrogens is 308 g/mol. The molecule has 1 nitrogen and oxygen atoms in total. The normalized spacial score (nSPS) is 9.92. The minimum absolute atomic E-state index is 0.421. The topological polar surface area (TPSA) is 3.24 Å². The Morgan fingerprint density at radius 2 is 1.58 bits per heavy atom. The van der Waals surface area contributed by atoms with E-state index in [-0.39, 0.29) is 0 Å². The number of rotatable bonds is 3. The van der Waals surface area contributed by atoms with Gasteiger partial charge in [0.05, 0.1) is 12.0 Å². The van der Waals surface area contributed by atoms with Crippen LogP contribution in [0.5, 0.6) is 0 Å². The minimum atomic E-state index is 0.421. The zero-order valence-electron chi connectivity index (χ0n) is 6.30. The fraction of sp³-hybridized carbons (Fsp3) is 0.250. The first kappa shape index (κ1) is 10.4. The summed E-state index contributed by atoms with van der Waals surface area (Å²) >= 11 is 13.6. The maximum Gasteiger partial charge on any atom is 0.0940 e. The first-order chi connectivity index (χ1) is 5.77. The molecule has 0 heterocycles. The smallest absolute Gasteiger partial charge is 0.0940 e. The van der Waals surface area contributed by atoms with Crippen LogP contribution in [0, 0.1) is 3.57 Å². The molecule has 0 atom stereocenters. The van der Waals surface area contributed by atoms with Crippen molar-refractivity contribution in [1.29, 1.82) is 0 Å². The molecule has 4 heteroatoms. The van der Waals surface area contributed by atoms with E-state index >= 15 is 0 Å². The third-order valence-corrected chi connectivity index (χ3v) is 2.78. The van der Waals surface area contributed by atoms with E-state index in [1.165, 1.54) is 3.57 Å². The summed E-state index contributed by atoms with van der Waals surface area (Å²) in [5, 5.41) is 0. The van der Waals surface area contributed by atoms with Gasteiger partial charge in [-0.15, -0.1) is 23.2 Å². The lowest BCUT2D eigenvalue weighted by Crippen LogP contribution is -2.18. The molecule has 0 saturated carbocycles. The zero-order chi connectivity index (χ0) is 8.97. The molecule has 0 radical (unpaired) electrons. The van der Waals surface area contributed by atoms with Gasteiger partial charge in [-0.1, -0.05) is 0 Å². The zero-order valence-corrected chi connectivity index (χ0v) is 9.97. The Bertz CT molecular complexity index is 233. The summed E-state index contributed by atoms with van der Waals surface area (Å²) in [5.41, 5.74) is 1.06. The lowest BCUT2D eigenvalue weighted by molar-refractivity contribution is 1.05. The highest BCUT2D eigenvalue weighted by molar-refractivity contribution is 14.1. The number of halogens is 3. The summed E-state index contributed by atoms with van der Waals surface area (Å²) in [7, 11) is 0. The quantitative estimate of drug-likeness (QED) is 0.469. The number of anilines is 1. The molecule has 0 aliphatic heterocycles. The Morgan fingerprint density at radius 1 is 1.08 bits per heavy atom. The van der Waals surface area contributed by atoms with E-state index in [9.17, 15) is 0 Å². The van der Waals surface area contributed by atoms with Crippen molar-refractivity contribution in [3.05, 3.63) is 27.8 Å². The summed E-state index contributed by atoms with van der Waals surface area (Å²) < 4.78 is 1.21. The summed E-state index contributed by atoms with van der Waals surface area (Å²) in [6, 6.07) is 8.91. The third-order valence-electron chi connectivity index (χ3n) is 1.48. The van der Waals surface area contributed by atoms with Gasteiger partial charge >= 0.3 is 0 Å². The molecule has 0 bridgehead atoms. The third kappa shape index (κ3) is 2.68. The summed E-state index contributed by atoms with van der Waals surface area (Å²) in [4.78, 5) is 1.87. The van der Waals surface area contributed by atoms with E-state index in [0.717, 1.165) is 5.69 Å². The number of hydrogen-bond donors (Lipinski definition) is 0. The highest BCUT2D eigenvalue weighted by Gasteiger charge is 2.01. The predicted molar refractivity (Wildman–Crippen MR) is 63.1 cm³/mol. The van der Waals surface area contributed by atoms with Gasteiger partial charge in [-0.25, -0.2) is 0 Å². The molecule has 0 aromatic heterocycles. The van der Waals surface area contributed by atoms with Gasteiger partial charge in [0.15, 0.2) is 0 Å². The first-order valence-electron chi connectivity index (χ1n) is 3.40. The first-order valence-corrected chi connectivity index (χ1v) is 5.55. The average Bonchev–Trinajstić information content (AvgIpc) is 2.10. The minimum Gasteiger partial charge on any atom is -0.344 e. The van der Waals surface area contributed by atoms with Crippen LogP contribution in [0.1, 0.15) is 0 Å². The van der Waals surface area contributed by atoms with E-state index in [1.54, 1.807) is 0 Å². The van der Waals surface area contributed by atoms with Crippen LogP contribution in [0.4, 0.5) is 5.69 Å². The Kier molecular flexibility index (Phi) is 4.46. The molecular formula is C8H8Cl2IN. The number of nitrogens with zero attached hydrogens (tertiary/aromatic N) is 1. The highest BCUT2D eigenvalue weighted by Crippen LogP contribution is 2.16. The molecule has 0 fully saturated rings. The van der Waals surface area contributed by atoms with E-state index in [0.29, 0.717) is 12.0 Å². The second-order valence-electron chi connectivity index (χ2n) is 2.26. The van der Waals surface area contributed by atoms with Crippen LogP contribution < -0.4 is 4.90 Å². The molecule has 66 valence electrons. The van der Waals surface area contributed by atoms with Gasteiger partial charge in [0.1, 0.15) is 0 Å². The van der Waals surface area contributed by atoms with Crippen molar-refractivity contribution in [2.24, 2.45) is 0 Å². The van der Waals surface area contributed by atoms with Gasteiger partial charge in [0.25, 0.3) is 0 Å². The Hall–Kier alpha value is 0.330. The van der Waals surface area contributed by atoms with Crippen molar-refractivity contribution in [1.82, 2.24) is 0 Å². The van der Waals surface area contributed by atoms with Crippen LogP contribution in [0.15, 0.2) is 24.3 Å². The molecule has 0 aliphatic carbocycles. The fourth-order valence-electron chi connectivity index (χ4n) is 0.822. The van der Waals surface area contributed by atoms with Gasteiger partial charge in [0, 0.05) is 9.26 Å². The maximum atomic E-state index is 5.68. The monoisotopic (exact) mass is 315 g/mol. The lowest BCUT2D eigenvalue weighted by atomic mass is 10.3. The van der Waals surface area contributed by atoms with Crippen molar-refractivity contribution in [2.75, 3.05) is 16.9 Å². The Balaban J connectivity index is 2.80. The molecule has 1 aromatic rings. The van der Waals surface area contributed by atoms with Crippen LogP contribution in [-0.4, -0.2) is 12.0 Å². The summed E-state index contributed by atoms with van der Waals surface area (Å²) in [5.74, 6) is 0. The molecule has 0 aliphatic rings. The number of benzene rings is 1. The number of alkyl halides is 2. The largest absolute Gasteiger partial charge is 0.344 e. The molecule has 12 heavy (non-hydrogen) atoms. The van der Waals surface area contributed by atoms with E-state index in [1.807, 2.05) is 29.2 Å². The van der Waals surface area contributed by atoms with Crippen LogP contribution >= 0.6 is 45.8 Å². The molecule has 0 spiro atoms. The number of hydrogen-bond acceptors (Lipinski definition) is 1. The van der Waals surface area contributed by atoms with Crippen molar-refractivity contribution >= 4 is 51.5 Å². The summed E-state index contributed by atoms with van der Waals surface area (Å²) in [6.07, 6.45) is 0. The molecule has 0 N–H and O–H groups in total.